The van der Waals surface area contributed by atoms with Crippen LogP contribution in [0.4, 0.5) is 5.69 Å². The minimum absolute atomic E-state index is 0.111. The van der Waals surface area contributed by atoms with Crippen LogP contribution >= 0.6 is 0 Å². The smallest absolute Gasteiger partial charge is 0.243 e. The van der Waals surface area contributed by atoms with Crippen molar-refractivity contribution in [3.63, 3.8) is 0 Å². The van der Waals surface area contributed by atoms with E-state index in [4.69, 9.17) is 0 Å². The van der Waals surface area contributed by atoms with Gasteiger partial charge in [0.1, 0.15) is 6.54 Å². The number of anilines is 1. The Labute approximate surface area is 139 Å². The third kappa shape index (κ3) is 4.96. The summed E-state index contributed by atoms with van der Waals surface area (Å²) in [5.41, 5.74) is 1.42. The van der Waals surface area contributed by atoms with Crippen molar-refractivity contribution in [1.82, 2.24) is 4.90 Å². The average Bonchev–Trinajstić information content (AvgIpc) is 2.44. The molecule has 1 saturated heterocycles. The molecule has 0 atom stereocenters. The minimum atomic E-state index is -3.50. The lowest BCUT2D eigenvalue weighted by atomic mass is 10.1. The van der Waals surface area contributed by atoms with Crippen LogP contribution in [-0.2, 0) is 14.8 Å². The Morgan fingerprint density at radius 2 is 1.65 bits per heavy atom. The summed E-state index contributed by atoms with van der Waals surface area (Å²) in [5, 5.41) is 0. The molecule has 1 aromatic rings. The van der Waals surface area contributed by atoms with Gasteiger partial charge < -0.3 is 4.90 Å². The van der Waals surface area contributed by atoms with Crippen molar-refractivity contribution in [3.05, 3.63) is 29.8 Å². The van der Waals surface area contributed by atoms with Crippen LogP contribution in [0.2, 0.25) is 0 Å². The lowest BCUT2D eigenvalue weighted by molar-refractivity contribution is -0.129. The molecular weight excluding hydrogens is 312 g/mol. The Morgan fingerprint density at radius 1 is 1.09 bits per heavy atom. The van der Waals surface area contributed by atoms with Gasteiger partial charge in [-0.05, 0) is 31.4 Å². The summed E-state index contributed by atoms with van der Waals surface area (Å²) < 4.78 is 25.6. The van der Waals surface area contributed by atoms with E-state index in [1.165, 1.54) is 10.7 Å². The molecule has 0 aromatic heterocycles. The van der Waals surface area contributed by atoms with Crippen LogP contribution in [0.5, 0.6) is 0 Å². The van der Waals surface area contributed by atoms with Crippen molar-refractivity contribution in [3.8, 4) is 0 Å². The van der Waals surface area contributed by atoms with Gasteiger partial charge in [-0.2, -0.15) is 0 Å². The number of carbonyl (C=O) groups is 1. The van der Waals surface area contributed by atoms with Gasteiger partial charge in [0, 0.05) is 13.1 Å². The van der Waals surface area contributed by atoms with Gasteiger partial charge in [0.05, 0.1) is 11.9 Å². The average molecular weight is 338 g/mol. The SMILES string of the molecule is Cc1ccccc1N(CC(=O)N1CCCCCCC1)S(C)(=O)=O. The van der Waals surface area contributed by atoms with E-state index in [-0.39, 0.29) is 12.5 Å². The van der Waals surface area contributed by atoms with Gasteiger partial charge in [-0.25, -0.2) is 8.42 Å². The number of hydrogen-bond donors (Lipinski definition) is 0. The zero-order valence-corrected chi connectivity index (χ0v) is 14.8. The maximum atomic E-state index is 12.6. The molecule has 2 rings (SSSR count). The van der Waals surface area contributed by atoms with Crippen LogP contribution in [0.1, 0.15) is 37.7 Å². The van der Waals surface area contributed by atoms with E-state index in [0.29, 0.717) is 5.69 Å². The van der Waals surface area contributed by atoms with Crippen LogP contribution in [0.25, 0.3) is 0 Å². The normalized spacial score (nSPS) is 16.5. The number of likely N-dealkylation sites (tertiary alicyclic amines) is 1. The summed E-state index contributed by atoms with van der Waals surface area (Å²) in [5.74, 6) is -0.111. The van der Waals surface area contributed by atoms with Gasteiger partial charge in [-0.3, -0.25) is 9.10 Å². The molecule has 128 valence electrons. The van der Waals surface area contributed by atoms with Gasteiger partial charge in [-0.1, -0.05) is 37.5 Å². The van der Waals surface area contributed by atoms with Gasteiger partial charge in [0.15, 0.2) is 0 Å². The third-order valence-corrected chi connectivity index (χ3v) is 5.40. The molecule has 0 aliphatic carbocycles. The molecule has 0 saturated carbocycles. The molecule has 6 heteroatoms. The summed E-state index contributed by atoms with van der Waals surface area (Å²) in [4.78, 5) is 14.4. The highest BCUT2D eigenvalue weighted by Crippen LogP contribution is 2.22. The first-order valence-corrected chi connectivity index (χ1v) is 10.1. The quantitative estimate of drug-likeness (QED) is 0.848. The topological polar surface area (TPSA) is 57.7 Å². The predicted molar refractivity (Wildman–Crippen MR) is 93.0 cm³/mol. The highest BCUT2D eigenvalue weighted by atomic mass is 32.2. The number of benzene rings is 1. The second-order valence-corrected chi connectivity index (χ2v) is 8.11. The largest absolute Gasteiger partial charge is 0.341 e. The van der Waals surface area contributed by atoms with Gasteiger partial charge in [0.25, 0.3) is 0 Å². The lowest BCUT2D eigenvalue weighted by Gasteiger charge is -2.29. The molecule has 0 unspecified atom stereocenters. The number of amides is 1. The Balaban J connectivity index is 2.18. The fourth-order valence-corrected chi connectivity index (χ4v) is 3.85. The second-order valence-electron chi connectivity index (χ2n) is 6.20. The molecule has 1 aliphatic heterocycles. The zero-order valence-electron chi connectivity index (χ0n) is 14.0. The molecule has 1 amide bonds. The van der Waals surface area contributed by atoms with E-state index >= 15 is 0 Å². The summed E-state index contributed by atoms with van der Waals surface area (Å²) in [7, 11) is -3.50. The van der Waals surface area contributed by atoms with E-state index < -0.39 is 10.0 Å². The van der Waals surface area contributed by atoms with Crippen LogP contribution in [-0.4, -0.2) is 45.1 Å². The number of para-hydroxylation sites is 1. The Kier molecular flexibility index (Phi) is 6.04. The highest BCUT2D eigenvalue weighted by molar-refractivity contribution is 7.92. The summed E-state index contributed by atoms with van der Waals surface area (Å²) in [6.45, 7) is 3.19. The fraction of sp³-hybridized carbons (Fsp3) is 0.588. The summed E-state index contributed by atoms with van der Waals surface area (Å²) >= 11 is 0. The first kappa shape index (κ1) is 17.8. The second kappa shape index (κ2) is 7.81. The summed E-state index contributed by atoms with van der Waals surface area (Å²) in [6, 6.07) is 7.26. The molecule has 1 fully saturated rings. The Morgan fingerprint density at radius 3 is 2.22 bits per heavy atom. The molecule has 5 nitrogen and oxygen atoms in total. The number of carbonyl (C=O) groups excluding carboxylic acids is 1. The van der Waals surface area contributed by atoms with Crippen molar-refractivity contribution in [2.24, 2.45) is 0 Å². The molecule has 0 spiro atoms. The highest BCUT2D eigenvalue weighted by Gasteiger charge is 2.25. The Bertz CT molecular complexity index is 635. The van der Waals surface area contributed by atoms with E-state index in [0.717, 1.165) is 50.6 Å². The van der Waals surface area contributed by atoms with E-state index in [1.54, 1.807) is 12.1 Å². The number of hydrogen-bond acceptors (Lipinski definition) is 3. The maximum absolute atomic E-state index is 12.6. The fourth-order valence-electron chi connectivity index (χ4n) is 2.94. The first-order chi connectivity index (χ1) is 10.9. The van der Waals surface area contributed by atoms with Crippen LogP contribution in [0.3, 0.4) is 0 Å². The van der Waals surface area contributed by atoms with Crippen molar-refractivity contribution >= 4 is 21.6 Å². The number of sulfonamides is 1. The minimum Gasteiger partial charge on any atom is -0.341 e. The van der Waals surface area contributed by atoms with Crippen LogP contribution < -0.4 is 4.31 Å². The van der Waals surface area contributed by atoms with Gasteiger partial charge in [-0.15, -0.1) is 0 Å². The monoisotopic (exact) mass is 338 g/mol. The van der Waals surface area contributed by atoms with Crippen LogP contribution in [0.15, 0.2) is 24.3 Å². The van der Waals surface area contributed by atoms with E-state index in [1.807, 2.05) is 24.0 Å². The van der Waals surface area contributed by atoms with Crippen molar-refractivity contribution < 1.29 is 13.2 Å². The Hall–Kier alpha value is -1.56. The number of rotatable bonds is 4. The standard InChI is InChI=1S/C17H26N2O3S/c1-15-10-6-7-11-16(15)19(23(2,21)22)14-17(20)18-12-8-4-3-5-9-13-18/h6-7,10-11H,3-5,8-9,12-14H2,1-2H3. The van der Waals surface area contributed by atoms with E-state index in [2.05, 4.69) is 0 Å². The van der Waals surface area contributed by atoms with Crippen LogP contribution in [0, 0.1) is 6.92 Å². The van der Waals surface area contributed by atoms with Crippen molar-refractivity contribution in [2.45, 2.75) is 39.0 Å². The molecule has 1 aromatic carbocycles. The molecule has 1 heterocycles. The molecule has 23 heavy (non-hydrogen) atoms. The zero-order chi connectivity index (χ0) is 16.9. The lowest BCUT2D eigenvalue weighted by Crippen LogP contribution is -2.44. The number of aryl methyl sites for hydroxylation is 1. The number of nitrogens with zero attached hydrogens (tertiary/aromatic N) is 2. The van der Waals surface area contributed by atoms with Crippen molar-refractivity contribution in [1.29, 1.82) is 0 Å². The predicted octanol–water partition coefficient (Wildman–Crippen LogP) is 2.55. The molecular formula is C17H26N2O3S. The summed E-state index contributed by atoms with van der Waals surface area (Å²) in [6.07, 6.45) is 6.64. The van der Waals surface area contributed by atoms with E-state index in [9.17, 15) is 13.2 Å². The molecule has 1 aliphatic rings. The van der Waals surface area contributed by atoms with Gasteiger partial charge >= 0.3 is 0 Å². The molecule has 0 bridgehead atoms. The first-order valence-electron chi connectivity index (χ1n) is 8.21. The molecule has 0 N–H and O–H groups in total. The third-order valence-electron chi connectivity index (χ3n) is 4.27. The van der Waals surface area contributed by atoms with Gasteiger partial charge in [0.2, 0.25) is 15.9 Å². The molecule has 0 radical (unpaired) electrons. The maximum Gasteiger partial charge on any atom is 0.243 e. The van der Waals surface area contributed by atoms with Crippen molar-refractivity contribution in [2.75, 3.05) is 30.2 Å².